The molecule has 1 amide bonds. The minimum Gasteiger partial charge on any atom is -0.467 e. The van der Waals surface area contributed by atoms with Crippen LogP contribution in [-0.2, 0) is 38.7 Å². The van der Waals surface area contributed by atoms with Crippen molar-refractivity contribution in [1.29, 1.82) is 0 Å². The van der Waals surface area contributed by atoms with Gasteiger partial charge in [0.2, 0.25) is 5.91 Å². The SMILES string of the molecule is COC(=O)[C@H](Cc1cccc2c(-c3c(C(F)(F)F)c4ccccc4n(C)c3=O)cccc12)NC(=O)C1(C(F)(F)F)CCCN(CC2COC2)C1. The van der Waals surface area contributed by atoms with Crippen molar-refractivity contribution in [1.82, 2.24) is 14.8 Å². The second kappa shape index (κ2) is 13.4. The third-order valence-electron chi connectivity index (χ3n) is 9.86. The van der Waals surface area contributed by atoms with Crippen LogP contribution in [0.2, 0.25) is 0 Å². The summed E-state index contributed by atoms with van der Waals surface area (Å²) in [6.07, 6.45) is -10.5. The number of carbonyl (C=O) groups is 2. The Labute approximate surface area is 282 Å². The summed E-state index contributed by atoms with van der Waals surface area (Å²) in [7, 11) is 2.43. The molecular formula is C36H35F6N3O5. The molecule has 0 radical (unpaired) electrons. The van der Waals surface area contributed by atoms with E-state index in [4.69, 9.17) is 9.47 Å². The number of para-hydroxylation sites is 1. The van der Waals surface area contributed by atoms with E-state index in [9.17, 15) is 40.7 Å². The lowest BCUT2D eigenvalue weighted by molar-refractivity contribution is -0.236. The number of fused-ring (bicyclic) bond motifs is 2. The van der Waals surface area contributed by atoms with Crippen molar-refractivity contribution in [2.45, 2.75) is 37.7 Å². The second-order valence-electron chi connectivity index (χ2n) is 13.0. The third kappa shape index (κ3) is 6.34. The number of benzene rings is 3. The fourth-order valence-electron chi connectivity index (χ4n) is 7.26. The van der Waals surface area contributed by atoms with Crippen LogP contribution in [0, 0.1) is 11.3 Å². The molecule has 0 spiro atoms. The van der Waals surface area contributed by atoms with E-state index in [0.717, 1.165) is 11.7 Å². The van der Waals surface area contributed by atoms with E-state index in [0.29, 0.717) is 37.3 Å². The van der Waals surface area contributed by atoms with Crippen molar-refractivity contribution in [3.63, 3.8) is 0 Å². The quantitative estimate of drug-likeness (QED) is 0.183. The summed E-state index contributed by atoms with van der Waals surface area (Å²) in [5.74, 6) is -2.28. The lowest BCUT2D eigenvalue weighted by atomic mass is 9.77. The highest BCUT2D eigenvalue weighted by Gasteiger charge is 2.62. The number of likely N-dealkylation sites (tertiary alicyclic amines) is 1. The number of hydrogen-bond donors (Lipinski definition) is 1. The lowest BCUT2D eigenvalue weighted by Crippen LogP contribution is -2.62. The predicted octanol–water partition coefficient (Wildman–Crippen LogP) is 5.87. The number of pyridine rings is 1. The number of aromatic nitrogens is 1. The third-order valence-corrected chi connectivity index (χ3v) is 9.86. The van der Waals surface area contributed by atoms with Crippen LogP contribution in [0.1, 0.15) is 24.0 Å². The Morgan fingerprint density at radius 2 is 1.66 bits per heavy atom. The van der Waals surface area contributed by atoms with Gasteiger partial charge >= 0.3 is 18.3 Å². The van der Waals surface area contributed by atoms with Crippen LogP contribution in [0.3, 0.4) is 0 Å². The number of hydrogen-bond acceptors (Lipinski definition) is 6. The Kier molecular flexibility index (Phi) is 9.46. The number of carbonyl (C=O) groups excluding carboxylic acids is 2. The van der Waals surface area contributed by atoms with E-state index in [1.165, 1.54) is 55.6 Å². The first-order valence-electron chi connectivity index (χ1n) is 16.1. The van der Waals surface area contributed by atoms with Crippen LogP contribution in [0.5, 0.6) is 0 Å². The summed E-state index contributed by atoms with van der Waals surface area (Å²) in [6.45, 7) is 1.03. The first kappa shape index (κ1) is 35.4. The largest absolute Gasteiger partial charge is 0.467 e. The van der Waals surface area contributed by atoms with E-state index in [1.807, 2.05) is 0 Å². The number of rotatable bonds is 8. The number of nitrogens with zero attached hydrogens (tertiary/aromatic N) is 2. The van der Waals surface area contributed by atoms with Gasteiger partial charge in [0.25, 0.3) is 5.56 Å². The number of nitrogens with one attached hydrogen (secondary N) is 1. The van der Waals surface area contributed by atoms with Crippen LogP contribution < -0.4 is 10.9 Å². The van der Waals surface area contributed by atoms with Crippen molar-refractivity contribution >= 4 is 33.6 Å². The first-order chi connectivity index (χ1) is 23.7. The fourth-order valence-corrected chi connectivity index (χ4v) is 7.26. The molecule has 0 saturated carbocycles. The molecule has 8 nitrogen and oxygen atoms in total. The van der Waals surface area contributed by atoms with Gasteiger partial charge in [-0.2, -0.15) is 26.3 Å². The molecule has 2 atom stereocenters. The van der Waals surface area contributed by atoms with Crippen LogP contribution in [-0.4, -0.2) is 73.5 Å². The zero-order chi connectivity index (χ0) is 36.0. The first-order valence-corrected chi connectivity index (χ1v) is 16.1. The number of aryl methyl sites for hydroxylation is 1. The van der Waals surface area contributed by atoms with Gasteiger partial charge in [0.1, 0.15) is 6.04 Å². The molecule has 3 aromatic carbocycles. The van der Waals surface area contributed by atoms with Crippen molar-refractivity contribution in [3.8, 4) is 11.1 Å². The van der Waals surface area contributed by atoms with Gasteiger partial charge in [0.05, 0.1) is 37.0 Å². The maximum absolute atomic E-state index is 14.8. The lowest BCUT2D eigenvalue weighted by Gasteiger charge is -2.44. The van der Waals surface area contributed by atoms with E-state index in [2.05, 4.69) is 5.32 Å². The minimum absolute atomic E-state index is 0.0168. The van der Waals surface area contributed by atoms with Crippen molar-refractivity contribution in [2.24, 2.45) is 18.4 Å². The number of amides is 1. The molecule has 0 bridgehead atoms. The number of alkyl halides is 6. The molecule has 1 unspecified atom stereocenters. The van der Waals surface area contributed by atoms with Crippen molar-refractivity contribution in [3.05, 3.63) is 82.1 Å². The summed E-state index contributed by atoms with van der Waals surface area (Å²) in [4.78, 5) is 41.9. The molecule has 2 fully saturated rings. The molecule has 2 aliphatic rings. The fraction of sp³-hybridized carbons (Fsp3) is 0.417. The van der Waals surface area contributed by atoms with E-state index < -0.39 is 65.3 Å². The molecule has 3 heterocycles. The second-order valence-corrected chi connectivity index (χ2v) is 13.0. The molecule has 50 heavy (non-hydrogen) atoms. The molecule has 14 heteroatoms. The summed E-state index contributed by atoms with van der Waals surface area (Å²) >= 11 is 0. The summed E-state index contributed by atoms with van der Waals surface area (Å²) in [6, 6.07) is 13.2. The van der Waals surface area contributed by atoms with Crippen LogP contribution >= 0.6 is 0 Å². The number of piperidine rings is 1. The molecule has 2 aliphatic heterocycles. The van der Waals surface area contributed by atoms with Gasteiger partial charge in [-0.05, 0) is 47.4 Å². The van der Waals surface area contributed by atoms with Crippen molar-refractivity contribution in [2.75, 3.05) is 40.0 Å². The standard InChI is InChI=1S/C36H35F6N3O5/c1-44-28-13-4-3-9-26(28)30(35(37,38)39)29(31(44)46)25-12-6-10-23-22(8-5-11-24(23)25)16-27(32(47)49-2)43-33(48)34(36(40,41)42)14-7-15-45(20-34)17-21-18-50-19-21/h3-6,8-13,21,27H,7,14-20H2,1-2H3,(H,43,48)/t27-,34?/m0/s1. The van der Waals surface area contributed by atoms with Gasteiger partial charge in [0, 0.05) is 37.9 Å². The molecule has 266 valence electrons. The van der Waals surface area contributed by atoms with E-state index in [1.54, 1.807) is 17.0 Å². The molecule has 2 saturated heterocycles. The van der Waals surface area contributed by atoms with Gasteiger partial charge < -0.3 is 24.3 Å². The van der Waals surface area contributed by atoms with Crippen LogP contribution in [0.25, 0.3) is 32.8 Å². The zero-order valence-electron chi connectivity index (χ0n) is 27.3. The van der Waals surface area contributed by atoms with Gasteiger partial charge in [-0.1, -0.05) is 54.6 Å². The van der Waals surface area contributed by atoms with Crippen LogP contribution in [0.4, 0.5) is 26.3 Å². The number of ether oxygens (including phenoxy) is 2. The van der Waals surface area contributed by atoms with E-state index >= 15 is 0 Å². The van der Waals surface area contributed by atoms with E-state index in [-0.39, 0.29) is 40.6 Å². The highest BCUT2D eigenvalue weighted by molar-refractivity contribution is 6.02. The topological polar surface area (TPSA) is 89.9 Å². The number of halogens is 6. The maximum atomic E-state index is 14.8. The monoisotopic (exact) mass is 703 g/mol. The summed E-state index contributed by atoms with van der Waals surface area (Å²) in [5, 5.41) is 2.74. The number of esters is 1. The Bertz CT molecular complexity index is 2000. The Balaban J connectivity index is 1.39. The molecule has 1 aromatic heterocycles. The van der Waals surface area contributed by atoms with Gasteiger partial charge in [-0.3, -0.25) is 9.59 Å². The average Bonchev–Trinajstić information content (AvgIpc) is 3.06. The highest BCUT2D eigenvalue weighted by Crippen LogP contribution is 2.46. The Morgan fingerprint density at radius 1 is 0.980 bits per heavy atom. The zero-order valence-corrected chi connectivity index (χ0v) is 27.3. The average molecular weight is 704 g/mol. The molecule has 4 aromatic rings. The summed E-state index contributed by atoms with van der Waals surface area (Å²) < 4.78 is 99.7. The maximum Gasteiger partial charge on any atom is 0.417 e. The minimum atomic E-state index is -4.93. The normalized spacial score (nSPS) is 19.7. The number of methoxy groups -OCH3 is 1. The Morgan fingerprint density at radius 3 is 2.32 bits per heavy atom. The highest BCUT2D eigenvalue weighted by atomic mass is 19.4. The summed E-state index contributed by atoms with van der Waals surface area (Å²) in [5.41, 5.74) is -4.91. The molecule has 1 N–H and O–H groups in total. The molecular weight excluding hydrogens is 668 g/mol. The van der Waals surface area contributed by atoms with Gasteiger partial charge in [0.15, 0.2) is 5.41 Å². The van der Waals surface area contributed by atoms with Crippen LogP contribution in [0.15, 0.2) is 65.5 Å². The van der Waals surface area contributed by atoms with Gasteiger partial charge in [-0.15, -0.1) is 0 Å². The molecule has 0 aliphatic carbocycles. The molecule has 6 rings (SSSR count). The van der Waals surface area contributed by atoms with Gasteiger partial charge in [-0.25, -0.2) is 4.79 Å². The Hall–Kier alpha value is -4.43. The predicted molar refractivity (Wildman–Crippen MR) is 173 cm³/mol. The van der Waals surface area contributed by atoms with Crippen molar-refractivity contribution < 1.29 is 45.4 Å². The smallest absolute Gasteiger partial charge is 0.417 e.